The minimum atomic E-state index is -0.205. The minimum absolute atomic E-state index is 0.205. The summed E-state index contributed by atoms with van der Waals surface area (Å²) in [5.74, 6) is 1.31. The van der Waals surface area contributed by atoms with Crippen LogP contribution in [0.5, 0.6) is 17.2 Å². The Morgan fingerprint density at radius 3 is 2.25 bits per heavy atom. The molecule has 0 radical (unpaired) electrons. The Morgan fingerprint density at radius 2 is 1.69 bits per heavy atom. The number of ether oxygens (including phenoxy) is 3. The maximum absolute atomic E-state index is 12.8. The average molecular weight is 459 g/mol. The lowest BCUT2D eigenvalue weighted by Gasteiger charge is -2.17. The van der Waals surface area contributed by atoms with Crippen molar-refractivity contribution in [2.24, 2.45) is 0 Å². The van der Waals surface area contributed by atoms with Crippen molar-refractivity contribution in [3.8, 4) is 22.4 Å². The van der Waals surface area contributed by atoms with Gasteiger partial charge in [0.05, 0.1) is 31.2 Å². The minimum Gasteiger partial charge on any atom is -0.490 e. The van der Waals surface area contributed by atoms with E-state index in [0.717, 1.165) is 22.2 Å². The molecule has 3 aromatic rings. The van der Waals surface area contributed by atoms with Crippen LogP contribution >= 0.6 is 11.3 Å². The van der Waals surface area contributed by atoms with E-state index in [0.29, 0.717) is 55.6 Å². The highest BCUT2D eigenvalue weighted by molar-refractivity contribution is 7.12. The van der Waals surface area contributed by atoms with Crippen molar-refractivity contribution in [3.63, 3.8) is 0 Å². The van der Waals surface area contributed by atoms with E-state index in [2.05, 4.69) is 15.4 Å². The summed E-state index contributed by atoms with van der Waals surface area (Å²) in [4.78, 5) is 17.4. The normalized spacial score (nSPS) is 10.8. The fourth-order valence-electron chi connectivity index (χ4n) is 3.26. The Kier molecular flexibility index (Phi) is 8.10. The van der Waals surface area contributed by atoms with E-state index >= 15 is 0 Å². The number of aromatic nitrogens is 3. The lowest BCUT2D eigenvalue weighted by molar-refractivity contribution is 0.0953. The van der Waals surface area contributed by atoms with Gasteiger partial charge >= 0.3 is 0 Å². The summed E-state index contributed by atoms with van der Waals surface area (Å²) in [5.41, 5.74) is 3.37. The number of rotatable bonds is 11. The van der Waals surface area contributed by atoms with Gasteiger partial charge in [-0.1, -0.05) is 0 Å². The molecule has 0 aliphatic heterocycles. The van der Waals surface area contributed by atoms with Crippen molar-refractivity contribution in [3.05, 3.63) is 46.2 Å². The van der Waals surface area contributed by atoms with Crippen LogP contribution in [0, 0.1) is 13.8 Å². The summed E-state index contributed by atoms with van der Waals surface area (Å²) >= 11 is 1.54. The van der Waals surface area contributed by atoms with Crippen LogP contribution < -0.4 is 19.5 Å². The molecule has 0 aliphatic carbocycles. The molecule has 172 valence electrons. The maximum Gasteiger partial charge on any atom is 0.251 e. The molecule has 3 rings (SSSR count). The number of thiazole rings is 1. The SMILES string of the molecule is CCOc1cc(C(=O)NCCc2csc(-n3nc(C)cc3C)n2)cc(OCC)c1OCC. The van der Waals surface area contributed by atoms with Gasteiger partial charge in [0, 0.05) is 29.6 Å². The molecule has 2 aromatic heterocycles. The van der Waals surface area contributed by atoms with E-state index in [1.807, 2.05) is 50.7 Å². The van der Waals surface area contributed by atoms with E-state index in [4.69, 9.17) is 14.2 Å². The summed E-state index contributed by atoms with van der Waals surface area (Å²) in [6, 6.07) is 5.40. The number of amides is 1. The third-order valence-corrected chi connectivity index (χ3v) is 5.43. The Balaban J connectivity index is 1.67. The monoisotopic (exact) mass is 458 g/mol. The fraction of sp³-hybridized carbons (Fsp3) is 0.435. The number of nitrogens with zero attached hydrogens (tertiary/aromatic N) is 3. The highest BCUT2D eigenvalue weighted by Crippen LogP contribution is 2.39. The van der Waals surface area contributed by atoms with Gasteiger partial charge in [0.25, 0.3) is 5.91 Å². The van der Waals surface area contributed by atoms with Gasteiger partial charge in [-0.25, -0.2) is 9.67 Å². The van der Waals surface area contributed by atoms with Gasteiger partial charge in [0.15, 0.2) is 11.5 Å². The average Bonchev–Trinajstić information content (AvgIpc) is 3.36. The van der Waals surface area contributed by atoms with Crippen LogP contribution in [0.1, 0.15) is 48.2 Å². The quantitative estimate of drug-likeness (QED) is 0.465. The van der Waals surface area contributed by atoms with Crippen molar-refractivity contribution in [1.29, 1.82) is 0 Å². The van der Waals surface area contributed by atoms with Crippen LogP contribution in [0.3, 0.4) is 0 Å². The molecule has 0 aliphatic rings. The molecule has 0 unspecified atom stereocenters. The topological polar surface area (TPSA) is 87.5 Å². The molecule has 2 heterocycles. The summed E-state index contributed by atoms with van der Waals surface area (Å²) in [6.45, 7) is 11.5. The Morgan fingerprint density at radius 1 is 1.03 bits per heavy atom. The first-order chi connectivity index (χ1) is 15.5. The summed E-state index contributed by atoms with van der Waals surface area (Å²) in [6.07, 6.45) is 0.620. The van der Waals surface area contributed by atoms with Gasteiger partial charge in [0.2, 0.25) is 10.9 Å². The Labute approximate surface area is 192 Å². The number of aryl methyl sites for hydroxylation is 2. The van der Waals surface area contributed by atoms with E-state index in [9.17, 15) is 4.79 Å². The number of hydrogen-bond donors (Lipinski definition) is 1. The van der Waals surface area contributed by atoms with Crippen LogP contribution in [-0.2, 0) is 6.42 Å². The fourth-order valence-corrected chi connectivity index (χ4v) is 4.12. The zero-order valence-electron chi connectivity index (χ0n) is 19.2. The highest BCUT2D eigenvalue weighted by Gasteiger charge is 2.18. The van der Waals surface area contributed by atoms with Crippen LogP contribution in [0.4, 0.5) is 0 Å². The largest absolute Gasteiger partial charge is 0.490 e. The molecule has 0 fully saturated rings. The first kappa shape index (κ1) is 23.6. The van der Waals surface area contributed by atoms with Crippen molar-refractivity contribution in [2.45, 2.75) is 41.0 Å². The molecule has 8 nitrogen and oxygen atoms in total. The van der Waals surface area contributed by atoms with Crippen LogP contribution in [-0.4, -0.2) is 47.0 Å². The number of benzene rings is 1. The van der Waals surface area contributed by atoms with Gasteiger partial charge in [-0.2, -0.15) is 5.10 Å². The standard InChI is InChI=1S/C23H30N4O4S/c1-6-29-19-12-17(13-20(30-7-2)21(19)31-8-3)22(28)24-10-9-18-14-32-23(25-18)27-16(5)11-15(4)26-27/h11-14H,6-10H2,1-5H3,(H,24,28). The van der Waals surface area contributed by atoms with Gasteiger partial charge in [-0.15, -0.1) is 11.3 Å². The van der Waals surface area contributed by atoms with Crippen molar-refractivity contribution < 1.29 is 19.0 Å². The van der Waals surface area contributed by atoms with Crippen LogP contribution in [0.2, 0.25) is 0 Å². The first-order valence-corrected chi connectivity index (χ1v) is 11.7. The van der Waals surface area contributed by atoms with Crippen LogP contribution in [0.25, 0.3) is 5.13 Å². The zero-order valence-corrected chi connectivity index (χ0v) is 20.0. The molecule has 0 saturated carbocycles. The lowest BCUT2D eigenvalue weighted by Crippen LogP contribution is -2.26. The van der Waals surface area contributed by atoms with Gasteiger partial charge in [0.1, 0.15) is 0 Å². The van der Waals surface area contributed by atoms with Crippen LogP contribution in [0.15, 0.2) is 23.6 Å². The van der Waals surface area contributed by atoms with E-state index in [-0.39, 0.29) is 5.91 Å². The second-order valence-electron chi connectivity index (χ2n) is 7.07. The predicted octanol–water partition coefficient (Wildman–Crippen LogP) is 4.11. The van der Waals surface area contributed by atoms with E-state index in [1.165, 1.54) is 11.3 Å². The molecular weight excluding hydrogens is 428 g/mol. The summed E-state index contributed by atoms with van der Waals surface area (Å²) in [5, 5.41) is 10.2. The van der Waals surface area contributed by atoms with Gasteiger partial charge in [-0.05, 0) is 52.8 Å². The molecule has 9 heteroatoms. The van der Waals surface area contributed by atoms with Gasteiger partial charge < -0.3 is 19.5 Å². The summed E-state index contributed by atoms with van der Waals surface area (Å²) in [7, 11) is 0. The Bertz CT molecular complexity index is 1030. The van der Waals surface area contributed by atoms with Crippen molar-refractivity contribution >= 4 is 17.2 Å². The highest BCUT2D eigenvalue weighted by atomic mass is 32.1. The van der Waals surface area contributed by atoms with E-state index in [1.54, 1.807) is 12.1 Å². The second-order valence-corrected chi connectivity index (χ2v) is 7.90. The van der Waals surface area contributed by atoms with Gasteiger partial charge in [-0.3, -0.25) is 4.79 Å². The first-order valence-electron chi connectivity index (χ1n) is 10.8. The molecule has 1 N–H and O–H groups in total. The molecule has 1 amide bonds. The van der Waals surface area contributed by atoms with Crippen molar-refractivity contribution in [2.75, 3.05) is 26.4 Å². The smallest absolute Gasteiger partial charge is 0.251 e. The maximum atomic E-state index is 12.8. The third-order valence-electron chi connectivity index (χ3n) is 4.57. The third kappa shape index (κ3) is 5.59. The van der Waals surface area contributed by atoms with Crippen molar-refractivity contribution in [1.82, 2.24) is 20.1 Å². The molecule has 0 spiro atoms. The molecule has 0 saturated heterocycles. The predicted molar refractivity (Wildman–Crippen MR) is 125 cm³/mol. The lowest BCUT2D eigenvalue weighted by atomic mass is 10.1. The number of nitrogens with one attached hydrogen (secondary N) is 1. The molecule has 0 bridgehead atoms. The molecule has 0 atom stereocenters. The van der Waals surface area contributed by atoms with E-state index < -0.39 is 0 Å². The number of carbonyl (C=O) groups excluding carboxylic acids is 1. The summed E-state index contributed by atoms with van der Waals surface area (Å²) < 4.78 is 18.9. The molecule has 32 heavy (non-hydrogen) atoms. The number of carbonyl (C=O) groups is 1. The Hall–Kier alpha value is -3.07. The zero-order chi connectivity index (χ0) is 23.1. The number of hydrogen-bond acceptors (Lipinski definition) is 7. The second kappa shape index (κ2) is 11.0. The molecular formula is C23H30N4O4S. The molecule has 1 aromatic carbocycles.